The van der Waals surface area contributed by atoms with Crippen LogP contribution in [0.25, 0.3) is 0 Å². The molecular weight excluding hydrogens is 266 g/mol. The van der Waals surface area contributed by atoms with Gasteiger partial charge in [-0.1, -0.05) is 24.3 Å². The number of amides is 1. The topological polar surface area (TPSA) is 74.8 Å². The van der Waals surface area contributed by atoms with Crippen molar-refractivity contribution >= 4 is 5.91 Å². The van der Waals surface area contributed by atoms with Gasteiger partial charge in [-0.3, -0.25) is 4.79 Å². The largest absolute Gasteiger partial charge is 0.338 e. The van der Waals surface area contributed by atoms with E-state index in [0.717, 1.165) is 31.4 Å². The van der Waals surface area contributed by atoms with Crippen LogP contribution in [0.4, 0.5) is 0 Å². The fourth-order valence-corrected chi connectivity index (χ4v) is 2.78. The predicted molar refractivity (Wildman–Crippen MR) is 77.9 cm³/mol. The van der Waals surface area contributed by atoms with Gasteiger partial charge in [-0.25, -0.2) is 0 Å². The number of likely N-dealkylation sites (tertiary alicyclic amines) is 1. The summed E-state index contributed by atoms with van der Waals surface area (Å²) in [5, 5.41) is 14.2. The summed E-state index contributed by atoms with van der Waals surface area (Å²) in [5.74, 6) is 0.969. The predicted octanol–water partition coefficient (Wildman–Crippen LogP) is 1.78. The van der Waals surface area contributed by atoms with Gasteiger partial charge in [0, 0.05) is 24.6 Å². The summed E-state index contributed by atoms with van der Waals surface area (Å²) in [6.07, 6.45) is 2.95. The van der Waals surface area contributed by atoms with E-state index < -0.39 is 0 Å². The summed E-state index contributed by atoms with van der Waals surface area (Å²) in [6, 6.07) is 7.87. The molecule has 6 nitrogen and oxygen atoms in total. The summed E-state index contributed by atoms with van der Waals surface area (Å²) in [5.41, 5.74) is 2.00. The van der Waals surface area contributed by atoms with Gasteiger partial charge in [-0.2, -0.15) is 5.21 Å². The van der Waals surface area contributed by atoms with Crippen molar-refractivity contribution in [2.45, 2.75) is 32.1 Å². The van der Waals surface area contributed by atoms with Gasteiger partial charge in [0.15, 0.2) is 5.82 Å². The molecule has 1 aromatic carbocycles. The monoisotopic (exact) mass is 285 g/mol. The maximum Gasteiger partial charge on any atom is 0.253 e. The molecule has 3 rings (SSSR count). The molecule has 0 spiro atoms. The first-order chi connectivity index (χ1) is 10.3. The summed E-state index contributed by atoms with van der Waals surface area (Å²) in [6.45, 7) is 3.56. The summed E-state index contributed by atoms with van der Waals surface area (Å²) in [4.78, 5) is 14.5. The van der Waals surface area contributed by atoms with Crippen molar-refractivity contribution < 1.29 is 4.79 Å². The highest BCUT2D eigenvalue weighted by molar-refractivity contribution is 5.94. The van der Waals surface area contributed by atoms with E-state index in [4.69, 9.17) is 0 Å². The van der Waals surface area contributed by atoms with Crippen LogP contribution in [0.5, 0.6) is 0 Å². The van der Waals surface area contributed by atoms with Crippen molar-refractivity contribution in [1.29, 1.82) is 0 Å². The van der Waals surface area contributed by atoms with Crippen molar-refractivity contribution in [2.24, 2.45) is 0 Å². The molecule has 1 N–H and O–H groups in total. The van der Waals surface area contributed by atoms with Gasteiger partial charge < -0.3 is 4.90 Å². The van der Waals surface area contributed by atoms with Crippen LogP contribution in [0.2, 0.25) is 0 Å². The molecule has 1 unspecified atom stereocenters. The minimum atomic E-state index is 0.0887. The lowest BCUT2D eigenvalue weighted by Gasteiger charge is -2.31. The molecule has 6 heteroatoms. The first-order valence-electron chi connectivity index (χ1n) is 7.39. The lowest BCUT2D eigenvalue weighted by molar-refractivity contribution is 0.0704. The summed E-state index contributed by atoms with van der Waals surface area (Å²) in [7, 11) is 0. The molecule has 0 bridgehead atoms. The Labute approximate surface area is 123 Å². The first-order valence-corrected chi connectivity index (χ1v) is 7.39. The number of hydrogen-bond acceptors (Lipinski definition) is 4. The number of nitrogens with zero attached hydrogens (tertiary/aromatic N) is 4. The number of carbonyl (C=O) groups excluding carboxylic acids is 1. The third kappa shape index (κ3) is 2.94. The molecule has 1 fully saturated rings. The van der Waals surface area contributed by atoms with E-state index in [1.807, 2.05) is 29.2 Å². The van der Waals surface area contributed by atoms with Gasteiger partial charge in [0.25, 0.3) is 5.91 Å². The fraction of sp³-hybridized carbons (Fsp3) is 0.467. The maximum absolute atomic E-state index is 12.6. The second-order valence-corrected chi connectivity index (χ2v) is 5.41. The van der Waals surface area contributed by atoms with Gasteiger partial charge >= 0.3 is 0 Å². The molecule has 1 aliphatic rings. The number of aryl methyl sites for hydroxylation is 1. The highest BCUT2D eigenvalue weighted by Crippen LogP contribution is 2.24. The fourth-order valence-electron chi connectivity index (χ4n) is 2.78. The molecule has 110 valence electrons. The third-order valence-corrected chi connectivity index (χ3v) is 4.04. The van der Waals surface area contributed by atoms with Crippen LogP contribution in [-0.4, -0.2) is 44.5 Å². The van der Waals surface area contributed by atoms with Gasteiger partial charge in [-0.05, 0) is 37.0 Å². The molecule has 2 heterocycles. The lowest BCUT2D eigenvalue weighted by atomic mass is 9.96. The van der Waals surface area contributed by atoms with Crippen LogP contribution in [0, 0.1) is 0 Å². The average Bonchev–Trinajstić information content (AvgIpc) is 3.09. The van der Waals surface area contributed by atoms with E-state index in [1.54, 1.807) is 0 Å². The zero-order chi connectivity index (χ0) is 14.7. The lowest BCUT2D eigenvalue weighted by Crippen LogP contribution is -2.39. The molecule has 1 amide bonds. The average molecular weight is 285 g/mol. The Hall–Kier alpha value is -2.24. The van der Waals surface area contributed by atoms with E-state index >= 15 is 0 Å². The van der Waals surface area contributed by atoms with Crippen LogP contribution < -0.4 is 0 Å². The van der Waals surface area contributed by atoms with Crippen molar-refractivity contribution in [2.75, 3.05) is 13.1 Å². The molecular formula is C15H19N5O. The Morgan fingerprint density at radius 2 is 2.19 bits per heavy atom. The van der Waals surface area contributed by atoms with Crippen molar-refractivity contribution in [3.63, 3.8) is 0 Å². The Bertz CT molecular complexity index is 593. The highest BCUT2D eigenvalue weighted by atomic mass is 16.2. The number of H-pyrrole nitrogens is 1. The molecule has 2 aromatic rings. The van der Waals surface area contributed by atoms with E-state index in [-0.39, 0.29) is 11.8 Å². The van der Waals surface area contributed by atoms with E-state index in [9.17, 15) is 4.79 Å². The zero-order valence-corrected chi connectivity index (χ0v) is 12.1. The SMILES string of the molecule is CCc1ccc(C(=O)N2CCCC(c3nn[nH]n3)C2)cc1. The summed E-state index contributed by atoms with van der Waals surface area (Å²) < 4.78 is 0. The molecule has 1 atom stereocenters. The number of aromatic amines is 1. The summed E-state index contributed by atoms with van der Waals surface area (Å²) >= 11 is 0. The van der Waals surface area contributed by atoms with Gasteiger partial charge in [0.1, 0.15) is 0 Å². The third-order valence-electron chi connectivity index (χ3n) is 4.04. The number of aromatic nitrogens is 4. The number of nitrogens with one attached hydrogen (secondary N) is 1. The van der Waals surface area contributed by atoms with Crippen LogP contribution in [0.15, 0.2) is 24.3 Å². The highest BCUT2D eigenvalue weighted by Gasteiger charge is 2.27. The number of piperidine rings is 1. The molecule has 1 aliphatic heterocycles. The smallest absolute Gasteiger partial charge is 0.253 e. The number of benzene rings is 1. The van der Waals surface area contributed by atoms with E-state index in [2.05, 4.69) is 27.5 Å². The standard InChI is InChI=1S/C15H19N5O/c1-2-11-5-7-12(8-6-11)15(21)20-9-3-4-13(10-20)14-16-18-19-17-14/h5-8,13H,2-4,9-10H2,1H3,(H,16,17,18,19). The van der Waals surface area contributed by atoms with Crippen LogP contribution >= 0.6 is 0 Å². The van der Waals surface area contributed by atoms with Crippen LogP contribution in [0.1, 0.15) is 47.4 Å². The molecule has 0 saturated carbocycles. The Kier molecular flexibility index (Phi) is 3.94. The second kappa shape index (κ2) is 6.03. The number of rotatable bonds is 3. The van der Waals surface area contributed by atoms with Gasteiger partial charge in [0.2, 0.25) is 0 Å². The molecule has 21 heavy (non-hydrogen) atoms. The van der Waals surface area contributed by atoms with Crippen molar-refractivity contribution in [1.82, 2.24) is 25.5 Å². The number of carbonyl (C=O) groups is 1. The van der Waals surface area contributed by atoms with Crippen LogP contribution in [0.3, 0.4) is 0 Å². The molecule has 1 saturated heterocycles. The van der Waals surface area contributed by atoms with E-state index in [0.29, 0.717) is 12.4 Å². The molecule has 0 aliphatic carbocycles. The number of tetrazole rings is 1. The van der Waals surface area contributed by atoms with Gasteiger partial charge in [0.05, 0.1) is 0 Å². The minimum absolute atomic E-state index is 0.0887. The molecule has 0 radical (unpaired) electrons. The minimum Gasteiger partial charge on any atom is -0.338 e. The Morgan fingerprint density at radius 1 is 1.38 bits per heavy atom. The first kappa shape index (κ1) is 13.7. The quantitative estimate of drug-likeness (QED) is 0.932. The molecule has 1 aromatic heterocycles. The Morgan fingerprint density at radius 3 is 2.86 bits per heavy atom. The normalized spacial score (nSPS) is 18.7. The number of hydrogen-bond donors (Lipinski definition) is 1. The zero-order valence-electron chi connectivity index (χ0n) is 12.1. The maximum atomic E-state index is 12.6. The van der Waals surface area contributed by atoms with Crippen LogP contribution in [-0.2, 0) is 6.42 Å². The van der Waals surface area contributed by atoms with Crippen molar-refractivity contribution in [3.05, 3.63) is 41.2 Å². The van der Waals surface area contributed by atoms with Crippen molar-refractivity contribution in [3.8, 4) is 0 Å². The second-order valence-electron chi connectivity index (χ2n) is 5.41. The Balaban J connectivity index is 1.71. The van der Waals surface area contributed by atoms with Gasteiger partial charge in [-0.15, -0.1) is 10.2 Å². The van der Waals surface area contributed by atoms with E-state index in [1.165, 1.54) is 5.56 Å².